The molecule has 3 rings (SSSR count). The molecular weight excluding hydrogens is 307 g/mol. The number of benzene rings is 1. The van der Waals surface area contributed by atoms with Gasteiger partial charge in [-0.25, -0.2) is 4.68 Å². The van der Waals surface area contributed by atoms with Gasteiger partial charge in [0.15, 0.2) is 5.69 Å². The van der Waals surface area contributed by atoms with Gasteiger partial charge < -0.3 is 10.1 Å². The van der Waals surface area contributed by atoms with E-state index >= 15 is 0 Å². The first-order valence-electron chi connectivity index (χ1n) is 7.56. The van der Waals surface area contributed by atoms with Crippen molar-refractivity contribution in [3.8, 4) is 5.69 Å². The molecule has 0 atom stereocenters. The Morgan fingerprint density at radius 2 is 1.83 bits per heavy atom. The Morgan fingerprint density at radius 1 is 1.13 bits per heavy atom. The van der Waals surface area contributed by atoms with Crippen molar-refractivity contribution in [2.75, 3.05) is 13.2 Å². The zero-order valence-corrected chi connectivity index (χ0v) is 12.5. The molecule has 0 bridgehead atoms. The summed E-state index contributed by atoms with van der Waals surface area (Å²) in [6.07, 6.45) is -1.09. The van der Waals surface area contributed by atoms with E-state index in [-0.39, 0.29) is 0 Å². The fourth-order valence-electron chi connectivity index (χ4n) is 2.55. The standard InChI is InChI=1S/C16H18F3N3O/c17-16(18,19)15-5-8-22(21-15)14-3-1-12(2-4-14)11-20-13-6-9-23-10-7-13/h1-5,8,13,20H,6-7,9-11H2. The minimum absolute atomic E-state index is 0.462. The normalized spacial score (nSPS) is 16.7. The van der Waals surface area contributed by atoms with Crippen LogP contribution in [-0.4, -0.2) is 29.0 Å². The van der Waals surface area contributed by atoms with Crippen LogP contribution in [0.4, 0.5) is 13.2 Å². The molecule has 124 valence electrons. The first-order chi connectivity index (χ1) is 11.0. The van der Waals surface area contributed by atoms with E-state index in [1.807, 2.05) is 12.1 Å². The van der Waals surface area contributed by atoms with E-state index < -0.39 is 11.9 Å². The molecule has 23 heavy (non-hydrogen) atoms. The number of ether oxygens (including phenoxy) is 1. The molecule has 1 aromatic heterocycles. The maximum absolute atomic E-state index is 12.6. The van der Waals surface area contributed by atoms with Gasteiger partial charge in [-0.1, -0.05) is 12.1 Å². The lowest BCUT2D eigenvalue weighted by atomic mass is 10.1. The second kappa shape index (κ2) is 6.72. The van der Waals surface area contributed by atoms with E-state index in [1.165, 1.54) is 10.9 Å². The Labute approximate surface area is 132 Å². The van der Waals surface area contributed by atoms with Crippen molar-refractivity contribution in [3.63, 3.8) is 0 Å². The Morgan fingerprint density at radius 3 is 2.43 bits per heavy atom. The Bertz CT molecular complexity index is 631. The lowest BCUT2D eigenvalue weighted by Crippen LogP contribution is -2.34. The molecule has 4 nitrogen and oxygen atoms in total. The number of alkyl halides is 3. The summed E-state index contributed by atoms with van der Waals surface area (Å²) in [5.74, 6) is 0. The highest BCUT2D eigenvalue weighted by atomic mass is 19.4. The maximum atomic E-state index is 12.6. The van der Waals surface area contributed by atoms with E-state index in [2.05, 4.69) is 10.4 Å². The molecule has 0 amide bonds. The molecule has 1 aliphatic rings. The molecule has 0 aliphatic carbocycles. The lowest BCUT2D eigenvalue weighted by molar-refractivity contribution is -0.141. The molecule has 1 aliphatic heterocycles. The van der Waals surface area contributed by atoms with Gasteiger partial charge in [0.2, 0.25) is 0 Å². The van der Waals surface area contributed by atoms with Crippen LogP contribution in [0.15, 0.2) is 36.5 Å². The number of hydrogen-bond acceptors (Lipinski definition) is 3. The van der Waals surface area contributed by atoms with Gasteiger partial charge in [0.05, 0.1) is 5.69 Å². The smallest absolute Gasteiger partial charge is 0.381 e. The summed E-state index contributed by atoms with van der Waals surface area (Å²) < 4.78 is 44.2. The SMILES string of the molecule is FC(F)(F)c1ccn(-c2ccc(CNC3CCOCC3)cc2)n1. The van der Waals surface area contributed by atoms with Gasteiger partial charge in [-0.05, 0) is 36.6 Å². The molecule has 2 heterocycles. The Kier molecular flexibility index (Phi) is 4.68. The van der Waals surface area contributed by atoms with E-state index in [1.54, 1.807) is 12.1 Å². The summed E-state index contributed by atoms with van der Waals surface area (Å²) in [5, 5.41) is 7.03. The molecule has 1 N–H and O–H groups in total. The second-order valence-electron chi connectivity index (χ2n) is 5.58. The predicted molar refractivity (Wildman–Crippen MR) is 79.2 cm³/mol. The number of rotatable bonds is 4. The number of hydrogen-bond donors (Lipinski definition) is 1. The fourth-order valence-corrected chi connectivity index (χ4v) is 2.55. The van der Waals surface area contributed by atoms with E-state index in [4.69, 9.17) is 4.74 Å². The average molecular weight is 325 g/mol. The summed E-state index contributed by atoms with van der Waals surface area (Å²) in [5.41, 5.74) is 0.807. The molecule has 0 unspecified atom stereocenters. The molecule has 2 aromatic rings. The zero-order chi connectivity index (χ0) is 16.3. The van der Waals surface area contributed by atoms with E-state index in [0.29, 0.717) is 11.7 Å². The van der Waals surface area contributed by atoms with Crippen molar-refractivity contribution in [3.05, 3.63) is 47.8 Å². The van der Waals surface area contributed by atoms with Crippen LogP contribution in [0, 0.1) is 0 Å². The van der Waals surface area contributed by atoms with Crippen molar-refractivity contribution in [1.29, 1.82) is 0 Å². The molecule has 7 heteroatoms. The van der Waals surface area contributed by atoms with Crippen LogP contribution in [0.25, 0.3) is 5.69 Å². The first kappa shape index (κ1) is 16.0. The third-order valence-corrected chi connectivity index (χ3v) is 3.90. The van der Waals surface area contributed by atoms with E-state index in [0.717, 1.165) is 44.2 Å². The van der Waals surface area contributed by atoms with Gasteiger partial charge in [0.1, 0.15) is 0 Å². The van der Waals surface area contributed by atoms with Crippen LogP contribution in [0.3, 0.4) is 0 Å². The van der Waals surface area contributed by atoms with Gasteiger partial charge in [0, 0.05) is 32.0 Å². The molecule has 1 aromatic carbocycles. The predicted octanol–water partition coefficient (Wildman–Crippen LogP) is 3.16. The van der Waals surface area contributed by atoms with Crippen molar-refractivity contribution < 1.29 is 17.9 Å². The van der Waals surface area contributed by atoms with Crippen molar-refractivity contribution >= 4 is 0 Å². The van der Waals surface area contributed by atoms with Gasteiger partial charge in [-0.3, -0.25) is 0 Å². The molecule has 0 radical (unpaired) electrons. The number of halogens is 3. The zero-order valence-electron chi connectivity index (χ0n) is 12.5. The van der Waals surface area contributed by atoms with Gasteiger partial charge in [-0.2, -0.15) is 18.3 Å². The average Bonchev–Trinajstić information content (AvgIpc) is 3.05. The summed E-state index contributed by atoms with van der Waals surface area (Å²) in [7, 11) is 0. The van der Waals surface area contributed by atoms with Crippen LogP contribution in [0.2, 0.25) is 0 Å². The molecule has 1 fully saturated rings. The largest absolute Gasteiger partial charge is 0.435 e. The number of nitrogens with one attached hydrogen (secondary N) is 1. The van der Waals surface area contributed by atoms with Crippen LogP contribution in [0.5, 0.6) is 0 Å². The molecule has 0 saturated carbocycles. The third-order valence-electron chi connectivity index (χ3n) is 3.90. The topological polar surface area (TPSA) is 39.1 Å². The van der Waals surface area contributed by atoms with Gasteiger partial charge in [-0.15, -0.1) is 0 Å². The Balaban J connectivity index is 1.61. The quantitative estimate of drug-likeness (QED) is 0.938. The third kappa shape index (κ3) is 4.11. The monoisotopic (exact) mass is 325 g/mol. The Hall–Kier alpha value is -1.86. The summed E-state index contributed by atoms with van der Waals surface area (Å²) in [6, 6.07) is 8.78. The number of aromatic nitrogens is 2. The highest BCUT2D eigenvalue weighted by Gasteiger charge is 2.33. The summed E-state index contributed by atoms with van der Waals surface area (Å²) in [4.78, 5) is 0. The van der Waals surface area contributed by atoms with Crippen molar-refractivity contribution in [2.45, 2.75) is 31.6 Å². The highest BCUT2D eigenvalue weighted by molar-refractivity contribution is 5.34. The minimum Gasteiger partial charge on any atom is -0.381 e. The van der Waals surface area contributed by atoms with Crippen molar-refractivity contribution in [1.82, 2.24) is 15.1 Å². The molecular formula is C16H18F3N3O. The minimum atomic E-state index is -4.42. The van der Waals surface area contributed by atoms with E-state index in [9.17, 15) is 13.2 Å². The summed E-state index contributed by atoms with van der Waals surface area (Å²) >= 11 is 0. The summed E-state index contributed by atoms with van der Waals surface area (Å²) in [6.45, 7) is 2.31. The van der Waals surface area contributed by atoms with Gasteiger partial charge in [0.25, 0.3) is 0 Å². The maximum Gasteiger partial charge on any atom is 0.435 e. The second-order valence-corrected chi connectivity index (χ2v) is 5.58. The van der Waals surface area contributed by atoms with Crippen molar-refractivity contribution in [2.24, 2.45) is 0 Å². The molecule has 1 saturated heterocycles. The van der Waals surface area contributed by atoms with Gasteiger partial charge >= 0.3 is 6.18 Å². The van der Waals surface area contributed by atoms with Crippen LogP contribution in [0.1, 0.15) is 24.1 Å². The lowest BCUT2D eigenvalue weighted by Gasteiger charge is -2.23. The number of nitrogens with zero attached hydrogens (tertiary/aromatic N) is 2. The van der Waals surface area contributed by atoms with Crippen LogP contribution >= 0.6 is 0 Å². The van der Waals surface area contributed by atoms with Crippen LogP contribution < -0.4 is 5.32 Å². The van der Waals surface area contributed by atoms with Crippen LogP contribution in [-0.2, 0) is 17.5 Å². The molecule has 0 spiro atoms. The first-order valence-corrected chi connectivity index (χ1v) is 7.56. The highest BCUT2D eigenvalue weighted by Crippen LogP contribution is 2.27. The fraction of sp³-hybridized carbons (Fsp3) is 0.438.